The number of hydrogen-bond acceptors (Lipinski definition) is 7. The smallest absolute Gasteiger partial charge is 0.277 e. The van der Waals surface area contributed by atoms with Crippen LogP contribution in [0.3, 0.4) is 0 Å². The molecule has 2 aromatic heterocycles. The van der Waals surface area contributed by atoms with Crippen molar-refractivity contribution in [3.05, 3.63) is 91.7 Å². The molecule has 0 saturated heterocycles. The van der Waals surface area contributed by atoms with Gasteiger partial charge in [0.05, 0.1) is 15.7 Å². The van der Waals surface area contributed by atoms with E-state index < -0.39 is 4.92 Å². The monoisotopic (exact) mass is 492 g/mol. The summed E-state index contributed by atoms with van der Waals surface area (Å²) < 4.78 is 3.30. The minimum Gasteiger partial charge on any atom is -0.398 e. The van der Waals surface area contributed by atoms with Crippen LogP contribution < -0.4 is 16.9 Å². The van der Waals surface area contributed by atoms with Gasteiger partial charge in [-0.1, -0.05) is 12.1 Å². The number of anilines is 1. The number of likely N-dealkylation sites (N-methyl/N-ethyl adjacent to an activating group) is 2. The number of nitrogens with two attached hydrogens (primary N) is 1. The molecule has 0 bridgehead atoms. The van der Waals surface area contributed by atoms with Crippen LogP contribution in [0.15, 0.2) is 70.5 Å². The molecule has 0 amide bonds. The largest absolute Gasteiger partial charge is 0.398 e. The Labute approximate surface area is 208 Å². The predicted octanol–water partition coefficient (Wildman–Crippen LogP) is 2.62. The van der Waals surface area contributed by atoms with Crippen LogP contribution in [0.25, 0.3) is 21.5 Å². The number of nitrogens with zero attached hydrogens (tertiary/aromatic N) is 5. The summed E-state index contributed by atoms with van der Waals surface area (Å²) >= 11 is 0. The fourth-order valence-corrected chi connectivity index (χ4v) is 3.77. The summed E-state index contributed by atoms with van der Waals surface area (Å²) in [5, 5.41) is 13.2. The van der Waals surface area contributed by atoms with Crippen molar-refractivity contribution in [1.29, 1.82) is 0 Å². The molecular formula is C26H32N6O4. The molecule has 0 unspecified atom stereocenters. The van der Waals surface area contributed by atoms with E-state index in [9.17, 15) is 19.7 Å². The zero-order chi connectivity index (χ0) is 26.4. The Kier molecular flexibility index (Phi) is 8.57. The van der Waals surface area contributed by atoms with Crippen molar-refractivity contribution in [1.82, 2.24) is 18.9 Å². The summed E-state index contributed by atoms with van der Waals surface area (Å²) in [6, 6.07) is 13.6. The molecular weight excluding hydrogens is 460 g/mol. The molecule has 4 rings (SSSR count). The number of nitro groups is 1. The van der Waals surface area contributed by atoms with Gasteiger partial charge in [0.25, 0.3) is 16.8 Å². The molecule has 0 atom stereocenters. The second-order valence-electron chi connectivity index (χ2n) is 9.04. The van der Waals surface area contributed by atoms with Gasteiger partial charge in [0.2, 0.25) is 0 Å². The second-order valence-corrected chi connectivity index (χ2v) is 9.04. The van der Waals surface area contributed by atoms with Gasteiger partial charge in [-0.15, -0.1) is 0 Å². The average molecular weight is 493 g/mol. The van der Waals surface area contributed by atoms with Crippen LogP contribution in [0.4, 0.5) is 11.4 Å². The Hall–Kier alpha value is -4.02. The third-order valence-corrected chi connectivity index (χ3v) is 5.82. The van der Waals surface area contributed by atoms with Crippen molar-refractivity contribution in [2.75, 3.05) is 47.0 Å². The number of non-ortho nitro benzene ring substituents is 1. The molecule has 2 N–H and O–H groups in total. The highest BCUT2D eigenvalue weighted by atomic mass is 16.6. The van der Waals surface area contributed by atoms with Crippen molar-refractivity contribution in [2.45, 2.75) is 13.1 Å². The van der Waals surface area contributed by atoms with Gasteiger partial charge >= 0.3 is 0 Å². The number of rotatable bonds is 7. The van der Waals surface area contributed by atoms with Crippen LogP contribution in [0, 0.1) is 10.1 Å². The van der Waals surface area contributed by atoms with Crippen LogP contribution >= 0.6 is 0 Å². The van der Waals surface area contributed by atoms with Gasteiger partial charge in [-0.05, 0) is 58.5 Å². The highest BCUT2D eigenvalue weighted by molar-refractivity contribution is 5.92. The van der Waals surface area contributed by atoms with Gasteiger partial charge in [0, 0.05) is 61.1 Å². The Morgan fingerprint density at radius 3 is 1.72 bits per heavy atom. The lowest BCUT2D eigenvalue weighted by Gasteiger charge is -2.12. The van der Waals surface area contributed by atoms with E-state index in [0.717, 1.165) is 18.5 Å². The number of hydrogen-bond donors (Lipinski definition) is 1. The van der Waals surface area contributed by atoms with E-state index in [4.69, 9.17) is 5.73 Å². The SMILES string of the molecule is CN(C)CCn1ccc2c(N)cccc2c1=O.CN(C)CCn1ccc2c([N+](=O)[O-])cccc2c1=O. The molecule has 0 aliphatic carbocycles. The number of aromatic nitrogens is 2. The van der Waals surface area contributed by atoms with Gasteiger partial charge in [0.1, 0.15) is 0 Å². The normalized spacial score (nSPS) is 11.2. The van der Waals surface area contributed by atoms with Crippen molar-refractivity contribution < 1.29 is 4.92 Å². The van der Waals surface area contributed by atoms with E-state index in [0.29, 0.717) is 34.9 Å². The van der Waals surface area contributed by atoms with E-state index in [1.807, 2.05) is 63.6 Å². The van der Waals surface area contributed by atoms with Crippen LogP contribution in [0.1, 0.15) is 0 Å². The zero-order valence-corrected chi connectivity index (χ0v) is 21.0. The zero-order valence-electron chi connectivity index (χ0n) is 21.0. The average Bonchev–Trinajstić information content (AvgIpc) is 2.83. The lowest BCUT2D eigenvalue weighted by Crippen LogP contribution is -2.26. The maximum atomic E-state index is 12.2. The third kappa shape index (κ3) is 6.15. The van der Waals surface area contributed by atoms with Gasteiger partial charge in [0.15, 0.2) is 0 Å². The Morgan fingerprint density at radius 2 is 1.22 bits per heavy atom. The molecule has 0 aliphatic heterocycles. The molecule has 36 heavy (non-hydrogen) atoms. The molecule has 0 fully saturated rings. The maximum absolute atomic E-state index is 12.2. The molecule has 2 heterocycles. The summed E-state index contributed by atoms with van der Waals surface area (Å²) in [5.74, 6) is 0. The molecule has 0 spiro atoms. The minimum absolute atomic E-state index is 0.0247. The topological polar surface area (TPSA) is 120 Å². The van der Waals surface area contributed by atoms with Crippen molar-refractivity contribution in [2.24, 2.45) is 0 Å². The molecule has 2 aromatic carbocycles. The van der Waals surface area contributed by atoms with Crippen LogP contribution in [-0.2, 0) is 13.1 Å². The number of nitro benzene ring substituents is 1. The Balaban J connectivity index is 0.000000202. The van der Waals surface area contributed by atoms with Crippen molar-refractivity contribution in [3.8, 4) is 0 Å². The minimum atomic E-state index is -0.466. The van der Waals surface area contributed by atoms with Crippen molar-refractivity contribution >= 4 is 32.9 Å². The molecule has 0 saturated carbocycles. The fourth-order valence-electron chi connectivity index (χ4n) is 3.77. The Morgan fingerprint density at radius 1 is 0.750 bits per heavy atom. The summed E-state index contributed by atoms with van der Waals surface area (Å²) in [7, 11) is 7.84. The van der Waals surface area contributed by atoms with E-state index in [1.165, 1.54) is 12.1 Å². The molecule has 0 aliphatic rings. The quantitative estimate of drug-likeness (QED) is 0.239. The highest BCUT2D eigenvalue weighted by Gasteiger charge is 2.13. The van der Waals surface area contributed by atoms with E-state index in [1.54, 1.807) is 27.5 Å². The standard InChI is InChI=1S/C13H15N3O3.C13H17N3O/c1-14(2)8-9-15-7-6-10-11(13(15)17)4-3-5-12(10)16(18)19;1-15(2)8-9-16-7-6-10-11(13(16)17)4-3-5-12(10)14/h3-7H,8-9H2,1-2H3;3-7H,8-9,14H2,1-2H3. The van der Waals surface area contributed by atoms with Crippen molar-refractivity contribution in [3.63, 3.8) is 0 Å². The first-order valence-corrected chi connectivity index (χ1v) is 11.5. The van der Waals surface area contributed by atoms with Gasteiger partial charge in [-0.25, -0.2) is 0 Å². The van der Waals surface area contributed by atoms with Crippen LogP contribution in [0.2, 0.25) is 0 Å². The summed E-state index contributed by atoms with van der Waals surface area (Å²) in [6.07, 6.45) is 3.42. The van der Waals surface area contributed by atoms with E-state index >= 15 is 0 Å². The van der Waals surface area contributed by atoms with E-state index in [-0.39, 0.29) is 16.8 Å². The second kappa shape index (κ2) is 11.6. The maximum Gasteiger partial charge on any atom is 0.277 e. The lowest BCUT2D eigenvalue weighted by atomic mass is 10.1. The number of benzene rings is 2. The highest BCUT2D eigenvalue weighted by Crippen LogP contribution is 2.22. The number of pyridine rings is 2. The summed E-state index contributed by atoms with van der Waals surface area (Å²) in [5.41, 5.74) is 6.29. The first-order valence-electron chi connectivity index (χ1n) is 11.5. The van der Waals surface area contributed by atoms with Crippen LogP contribution in [-0.4, -0.2) is 65.1 Å². The molecule has 0 radical (unpaired) electrons. The van der Waals surface area contributed by atoms with E-state index in [2.05, 4.69) is 4.90 Å². The molecule has 4 aromatic rings. The third-order valence-electron chi connectivity index (χ3n) is 5.82. The van der Waals surface area contributed by atoms with Gasteiger partial charge < -0.3 is 24.7 Å². The molecule has 10 heteroatoms. The van der Waals surface area contributed by atoms with Gasteiger partial charge in [-0.2, -0.15) is 0 Å². The first kappa shape index (κ1) is 26.6. The Bertz CT molecular complexity index is 1490. The van der Waals surface area contributed by atoms with Crippen LogP contribution in [0.5, 0.6) is 0 Å². The predicted molar refractivity (Wildman–Crippen MR) is 145 cm³/mol. The van der Waals surface area contributed by atoms with Gasteiger partial charge in [-0.3, -0.25) is 19.7 Å². The summed E-state index contributed by atoms with van der Waals surface area (Å²) in [4.78, 5) is 38.9. The molecule has 190 valence electrons. The molecule has 10 nitrogen and oxygen atoms in total. The first-order chi connectivity index (χ1) is 17.1. The number of fused-ring (bicyclic) bond motifs is 2. The lowest BCUT2D eigenvalue weighted by molar-refractivity contribution is -0.383. The number of nitrogen functional groups attached to an aromatic ring is 1. The fraction of sp³-hybridized carbons (Fsp3) is 0.308. The summed E-state index contributed by atoms with van der Waals surface area (Å²) in [6.45, 7) is 2.83.